The molecule has 27 heavy (non-hydrogen) atoms. The minimum absolute atomic E-state index is 0.200. The van der Waals surface area contributed by atoms with Crippen molar-refractivity contribution < 1.29 is 4.39 Å². The molecular weight excluding hydrogens is 337 g/mol. The predicted octanol–water partition coefficient (Wildman–Crippen LogP) is 5.21. The van der Waals surface area contributed by atoms with Gasteiger partial charge in [-0.1, -0.05) is 30.3 Å². The molecule has 0 saturated heterocycles. The Balaban J connectivity index is 1.63. The third kappa shape index (κ3) is 4.07. The Labute approximate surface area is 158 Å². The van der Waals surface area contributed by atoms with Crippen molar-refractivity contribution in [2.75, 3.05) is 0 Å². The summed E-state index contributed by atoms with van der Waals surface area (Å²) in [7, 11) is 0. The van der Waals surface area contributed by atoms with Crippen molar-refractivity contribution in [3.8, 4) is 0 Å². The molecule has 2 heterocycles. The van der Waals surface area contributed by atoms with E-state index in [1.807, 2.05) is 36.7 Å². The first-order chi connectivity index (χ1) is 13.2. The van der Waals surface area contributed by atoms with Crippen molar-refractivity contribution >= 4 is 10.9 Å². The number of benzene rings is 2. The van der Waals surface area contributed by atoms with Gasteiger partial charge in [0.05, 0.1) is 0 Å². The lowest BCUT2D eigenvalue weighted by molar-refractivity contribution is 0.245. The molecule has 0 radical (unpaired) electrons. The molecule has 0 spiro atoms. The third-order valence-electron chi connectivity index (χ3n) is 4.91. The van der Waals surface area contributed by atoms with Crippen molar-refractivity contribution in [2.24, 2.45) is 0 Å². The van der Waals surface area contributed by atoms with Gasteiger partial charge in [-0.2, -0.15) is 0 Å². The summed E-state index contributed by atoms with van der Waals surface area (Å²) in [5.74, 6) is -0.200. The summed E-state index contributed by atoms with van der Waals surface area (Å²) in [4.78, 5) is 9.97. The van der Waals surface area contributed by atoms with E-state index in [4.69, 9.17) is 0 Å². The third-order valence-corrected chi connectivity index (χ3v) is 4.91. The standard InChI is InChI=1S/C23H22FN3/c1-17-21-13-20(24)7-8-22(21)26-23(17)16-27(14-18-5-3-2-4-6-18)15-19-9-11-25-12-10-19/h2-13,26H,14-16H2,1H3. The van der Waals surface area contributed by atoms with Gasteiger partial charge in [0, 0.05) is 48.6 Å². The number of rotatable bonds is 6. The summed E-state index contributed by atoms with van der Waals surface area (Å²) < 4.78 is 13.6. The molecule has 0 aliphatic carbocycles. The second kappa shape index (κ2) is 7.72. The molecule has 2 aromatic carbocycles. The topological polar surface area (TPSA) is 31.9 Å². The largest absolute Gasteiger partial charge is 0.357 e. The molecule has 4 rings (SSSR count). The molecule has 3 nitrogen and oxygen atoms in total. The van der Waals surface area contributed by atoms with Gasteiger partial charge in [0.25, 0.3) is 0 Å². The molecule has 0 amide bonds. The summed E-state index contributed by atoms with van der Waals surface area (Å²) in [5, 5.41) is 0.952. The van der Waals surface area contributed by atoms with E-state index in [1.165, 1.54) is 17.2 Å². The van der Waals surface area contributed by atoms with E-state index in [9.17, 15) is 4.39 Å². The van der Waals surface area contributed by atoms with Gasteiger partial charge in [-0.3, -0.25) is 9.88 Å². The van der Waals surface area contributed by atoms with Crippen LogP contribution in [0, 0.1) is 12.7 Å². The van der Waals surface area contributed by atoms with Gasteiger partial charge < -0.3 is 4.98 Å². The average Bonchev–Trinajstić information content (AvgIpc) is 2.99. The first-order valence-electron chi connectivity index (χ1n) is 9.11. The van der Waals surface area contributed by atoms with Gasteiger partial charge in [-0.25, -0.2) is 4.39 Å². The van der Waals surface area contributed by atoms with Crippen LogP contribution in [0.15, 0.2) is 73.1 Å². The van der Waals surface area contributed by atoms with Crippen LogP contribution >= 0.6 is 0 Å². The predicted molar refractivity (Wildman–Crippen MR) is 107 cm³/mol. The maximum atomic E-state index is 13.6. The smallest absolute Gasteiger partial charge is 0.123 e. The first kappa shape index (κ1) is 17.4. The lowest BCUT2D eigenvalue weighted by Crippen LogP contribution is -2.23. The number of fused-ring (bicyclic) bond motifs is 1. The SMILES string of the molecule is Cc1c(CN(Cc2ccccc2)Cc2ccncc2)[nH]c2ccc(F)cc12. The normalized spacial score (nSPS) is 11.4. The fourth-order valence-corrected chi connectivity index (χ4v) is 3.49. The van der Waals surface area contributed by atoms with E-state index in [1.54, 1.807) is 6.07 Å². The number of aromatic nitrogens is 2. The summed E-state index contributed by atoms with van der Waals surface area (Å²) in [6.45, 7) is 4.48. The number of nitrogens with zero attached hydrogens (tertiary/aromatic N) is 2. The minimum atomic E-state index is -0.200. The van der Waals surface area contributed by atoms with E-state index < -0.39 is 0 Å². The number of pyridine rings is 1. The highest BCUT2D eigenvalue weighted by atomic mass is 19.1. The van der Waals surface area contributed by atoms with Crippen LogP contribution in [0.25, 0.3) is 10.9 Å². The van der Waals surface area contributed by atoms with Crippen molar-refractivity contribution in [3.63, 3.8) is 0 Å². The molecule has 0 aliphatic heterocycles. The Morgan fingerprint density at radius 1 is 0.889 bits per heavy atom. The Hall–Kier alpha value is -2.98. The molecule has 0 unspecified atom stereocenters. The fraction of sp³-hybridized carbons (Fsp3) is 0.174. The van der Waals surface area contributed by atoms with Crippen molar-refractivity contribution in [3.05, 3.63) is 101 Å². The Morgan fingerprint density at radius 2 is 1.59 bits per heavy atom. The molecule has 4 heteroatoms. The second-order valence-electron chi connectivity index (χ2n) is 6.90. The zero-order valence-corrected chi connectivity index (χ0v) is 15.3. The number of hydrogen-bond acceptors (Lipinski definition) is 2. The summed E-state index contributed by atoms with van der Waals surface area (Å²) >= 11 is 0. The highest BCUT2D eigenvalue weighted by molar-refractivity contribution is 5.84. The molecule has 0 fully saturated rings. The van der Waals surface area contributed by atoms with E-state index in [-0.39, 0.29) is 5.82 Å². The van der Waals surface area contributed by atoms with E-state index in [0.29, 0.717) is 0 Å². The maximum Gasteiger partial charge on any atom is 0.123 e. The van der Waals surface area contributed by atoms with Gasteiger partial charge in [-0.05, 0) is 53.9 Å². The Kier molecular flexibility index (Phi) is 4.99. The lowest BCUT2D eigenvalue weighted by atomic mass is 10.1. The van der Waals surface area contributed by atoms with Crippen LogP contribution in [0.5, 0.6) is 0 Å². The summed E-state index contributed by atoms with van der Waals surface area (Å²) in [6, 6.07) is 19.5. The molecular formula is C23H22FN3. The van der Waals surface area contributed by atoms with E-state index >= 15 is 0 Å². The van der Waals surface area contributed by atoms with Gasteiger partial charge in [-0.15, -0.1) is 0 Å². The van der Waals surface area contributed by atoms with Crippen LogP contribution in [-0.4, -0.2) is 14.9 Å². The van der Waals surface area contributed by atoms with Crippen LogP contribution in [0.1, 0.15) is 22.4 Å². The van der Waals surface area contributed by atoms with Crippen molar-refractivity contribution in [2.45, 2.75) is 26.6 Å². The quantitative estimate of drug-likeness (QED) is 0.512. The fourth-order valence-electron chi connectivity index (χ4n) is 3.49. The van der Waals surface area contributed by atoms with Crippen LogP contribution in [-0.2, 0) is 19.6 Å². The number of aryl methyl sites for hydroxylation is 1. The minimum Gasteiger partial charge on any atom is -0.357 e. The average molecular weight is 359 g/mol. The number of nitrogens with one attached hydrogen (secondary N) is 1. The van der Waals surface area contributed by atoms with Crippen LogP contribution in [0.4, 0.5) is 4.39 Å². The zero-order valence-electron chi connectivity index (χ0n) is 15.3. The van der Waals surface area contributed by atoms with Crippen molar-refractivity contribution in [1.29, 1.82) is 0 Å². The molecule has 2 aromatic heterocycles. The van der Waals surface area contributed by atoms with Gasteiger partial charge in [0.1, 0.15) is 5.82 Å². The van der Waals surface area contributed by atoms with Gasteiger partial charge in [0.15, 0.2) is 0 Å². The summed E-state index contributed by atoms with van der Waals surface area (Å²) in [6.07, 6.45) is 3.65. The van der Waals surface area contributed by atoms with Crippen LogP contribution < -0.4 is 0 Å². The zero-order chi connectivity index (χ0) is 18.6. The van der Waals surface area contributed by atoms with Crippen LogP contribution in [0.2, 0.25) is 0 Å². The second-order valence-corrected chi connectivity index (χ2v) is 6.90. The van der Waals surface area contributed by atoms with Crippen LogP contribution in [0.3, 0.4) is 0 Å². The number of hydrogen-bond donors (Lipinski definition) is 1. The monoisotopic (exact) mass is 359 g/mol. The highest BCUT2D eigenvalue weighted by Crippen LogP contribution is 2.24. The highest BCUT2D eigenvalue weighted by Gasteiger charge is 2.14. The van der Waals surface area contributed by atoms with E-state index in [0.717, 1.165) is 41.8 Å². The lowest BCUT2D eigenvalue weighted by Gasteiger charge is -2.22. The Morgan fingerprint density at radius 3 is 2.33 bits per heavy atom. The molecule has 136 valence electrons. The van der Waals surface area contributed by atoms with E-state index in [2.05, 4.69) is 46.1 Å². The Bertz CT molecular complexity index is 984. The van der Waals surface area contributed by atoms with Crippen molar-refractivity contribution in [1.82, 2.24) is 14.9 Å². The molecule has 0 atom stereocenters. The molecule has 0 bridgehead atoms. The first-order valence-corrected chi connectivity index (χ1v) is 9.11. The van der Waals surface area contributed by atoms with Gasteiger partial charge in [0.2, 0.25) is 0 Å². The summed E-state index contributed by atoms with van der Waals surface area (Å²) in [5.41, 5.74) is 5.71. The molecule has 1 N–H and O–H groups in total. The molecule has 0 aliphatic rings. The number of aromatic amines is 1. The van der Waals surface area contributed by atoms with Gasteiger partial charge >= 0.3 is 0 Å². The maximum absolute atomic E-state index is 13.6. The molecule has 0 saturated carbocycles. The molecule has 4 aromatic rings. The number of halogens is 1. The number of H-pyrrole nitrogens is 1.